The average Bonchev–Trinajstić information content (AvgIpc) is 2.90. The van der Waals surface area contributed by atoms with Crippen LogP contribution in [-0.4, -0.2) is 16.3 Å². The van der Waals surface area contributed by atoms with Gasteiger partial charge in [0.05, 0.1) is 10.2 Å². The first-order valence-electron chi connectivity index (χ1n) is 8.93. The van der Waals surface area contributed by atoms with Crippen LogP contribution in [0.15, 0.2) is 40.3 Å². The molecule has 26 heavy (non-hydrogen) atoms. The Kier molecular flexibility index (Phi) is 3.91. The van der Waals surface area contributed by atoms with E-state index in [1.807, 2.05) is 31.2 Å². The largest absolute Gasteiger partial charge is 0.330 e. The summed E-state index contributed by atoms with van der Waals surface area (Å²) >= 11 is 1.19. The van der Waals surface area contributed by atoms with Crippen LogP contribution < -0.4 is 10.2 Å². The van der Waals surface area contributed by atoms with E-state index in [0.29, 0.717) is 24.6 Å². The van der Waals surface area contributed by atoms with Gasteiger partial charge in [-0.05, 0) is 36.3 Å². The molecule has 1 aromatic heterocycles. The van der Waals surface area contributed by atoms with E-state index in [-0.39, 0.29) is 34.3 Å². The first kappa shape index (κ1) is 17.2. The number of aryl methyl sites for hydroxylation is 1. The summed E-state index contributed by atoms with van der Waals surface area (Å²) in [5, 5.41) is 2.88. The van der Waals surface area contributed by atoms with Gasteiger partial charge < -0.3 is 5.32 Å². The van der Waals surface area contributed by atoms with E-state index in [0.717, 1.165) is 15.8 Å². The predicted octanol–water partition coefficient (Wildman–Crippen LogP) is 3.09. The van der Waals surface area contributed by atoms with E-state index in [9.17, 15) is 14.4 Å². The summed E-state index contributed by atoms with van der Waals surface area (Å²) in [5.74, 6) is 0.704. The second-order valence-corrected chi connectivity index (χ2v) is 8.85. The van der Waals surface area contributed by atoms with E-state index in [2.05, 4.69) is 19.2 Å². The molecule has 5 nitrogen and oxygen atoms in total. The number of amides is 1. The van der Waals surface area contributed by atoms with Gasteiger partial charge in [-0.1, -0.05) is 37.3 Å². The Morgan fingerprint density at radius 1 is 1.31 bits per heavy atom. The lowest BCUT2D eigenvalue weighted by atomic mass is 9.95. The Bertz CT molecular complexity index is 1010. The van der Waals surface area contributed by atoms with Crippen LogP contribution in [0.5, 0.6) is 0 Å². The number of benzene rings is 1. The molecule has 2 atom stereocenters. The molecule has 0 saturated heterocycles. The van der Waals surface area contributed by atoms with Crippen LogP contribution in [0, 0.1) is 17.3 Å². The summed E-state index contributed by atoms with van der Waals surface area (Å²) in [7, 11) is 0. The molecule has 0 aliphatic heterocycles. The minimum Gasteiger partial charge on any atom is -0.330 e. The first-order chi connectivity index (χ1) is 12.3. The second kappa shape index (κ2) is 5.91. The molecular weight excluding hydrogens is 348 g/mol. The first-order valence-corrected chi connectivity index (χ1v) is 9.74. The van der Waals surface area contributed by atoms with Crippen molar-refractivity contribution in [3.63, 3.8) is 0 Å². The number of para-hydroxylation sites is 1. The van der Waals surface area contributed by atoms with Gasteiger partial charge in [0.2, 0.25) is 5.91 Å². The number of hydrogen-bond donors (Lipinski definition) is 1. The highest BCUT2D eigenvalue weighted by Crippen LogP contribution is 2.68. The summed E-state index contributed by atoms with van der Waals surface area (Å²) in [6.45, 7) is 6.51. The van der Waals surface area contributed by atoms with Gasteiger partial charge in [-0.2, -0.15) is 0 Å². The number of thiazole rings is 1. The van der Waals surface area contributed by atoms with Crippen molar-refractivity contribution in [3.05, 3.63) is 45.2 Å². The lowest BCUT2D eigenvalue weighted by Crippen LogP contribution is -2.26. The van der Waals surface area contributed by atoms with Gasteiger partial charge in [-0.3, -0.25) is 19.0 Å². The molecule has 136 valence electrons. The fraction of sp³-hybridized carbons (Fsp3) is 0.450. The number of carbonyl (C=O) groups is 2. The molecule has 1 amide bonds. The number of allylic oxidation sites excluding steroid dienone is 2. The van der Waals surface area contributed by atoms with Crippen LogP contribution >= 0.6 is 11.3 Å². The molecule has 1 aromatic carbocycles. The van der Waals surface area contributed by atoms with E-state index in [1.165, 1.54) is 11.3 Å². The molecule has 1 N–H and O–H groups in total. The molecule has 2 aliphatic rings. The highest BCUT2D eigenvalue weighted by molar-refractivity contribution is 7.16. The van der Waals surface area contributed by atoms with Gasteiger partial charge in [0.25, 0.3) is 0 Å². The van der Waals surface area contributed by atoms with Gasteiger partial charge in [0.15, 0.2) is 5.78 Å². The molecule has 0 radical (unpaired) electrons. The average molecular weight is 370 g/mol. The van der Waals surface area contributed by atoms with Crippen LogP contribution in [0.2, 0.25) is 0 Å². The quantitative estimate of drug-likeness (QED) is 0.841. The van der Waals surface area contributed by atoms with Crippen LogP contribution in [0.4, 0.5) is 0 Å². The van der Waals surface area contributed by atoms with Crippen molar-refractivity contribution in [2.45, 2.75) is 40.2 Å². The summed E-state index contributed by atoms with van der Waals surface area (Å²) in [4.78, 5) is 36.7. The summed E-state index contributed by atoms with van der Waals surface area (Å²) in [6.07, 6.45) is 0.799. The Labute approximate surface area is 155 Å². The third-order valence-electron chi connectivity index (χ3n) is 5.93. The zero-order chi connectivity index (χ0) is 18.6. The monoisotopic (exact) mass is 370 g/mol. The zero-order valence-corrected chi connectivity index (χ0v) is 16.0. The van der Waals surface area contributed by atoms with Gasteiger partial charge in [-0.25, -0.2) is 0 Å². The van der Waals surface area contributed by atoms with E-state index in [1.54, 1.807) is 4.57 Å². The third-order valence-corrected chi connectivity index (χ3v) is 6.89. The fourth-order valence-corrected chi connectivity index (χ4v) is 5.32. The lowest BCUT2D eigenvalue weighted by Gasteiger charge is -2.14. The molecule has 2 aromatic rings. The number of nitrogens with one attached hydrogen (secondary N) is 1. The third kappa shape index (κ3) is 2.63. The maximum atomic E-state index is 12.4. The molecule has 0 unspecified atom stereocenters. The summed E-state index contributed by atoms with van der Waals surface area (Å²) < 4.78 is 2.57. The molecule has 1 heterocycles. The minimum atomic E-state index is -0.160. The number of fused-ring (bicyclic) bond motifs is 2. The Hall–Kier alpha value is -2.21. The van der Waals surface area contributed by atoms with E-state index >= 15 is 0 Å². The van der Waals surface area contributed by atoms with Gasteiger partial charge in [-0.15, -0.1) is 0 Å². The van der Waals surface area contributed by atoms with Gasteiger partial charge in [0.1, 0.15) is 0 Å². The highest BCUT2D eigenvalue weighted by Gasteiger charge is 2.65. The Morgan fingerprint density at radius 3 is 2.77 bits per heavy atom. The molecule has 2 fully saturated rings. The SMILES string of the molecule is C/C(NC(=O)CCn1c(=O)sc2ccccc21)=C1/C(=O)C[C@@H]2[C@H]1C2(C)C. The molecule has 4 rings (SSSR count). The number of ketones is 1. The van der Waals surface area contributed by atoms with Crippen molar-refractivity contribution in [2.75, 3.05) is 0 Å². The number of Topliss-reactive ketones (excluding diaryl/α,β-unsaturated/α-hetero) is 1. The maximum absolute atomic E-state index is 12.4. The van der Waals surface area contributed by atoms with Crippen molar-refractivity contribution in [1.82, 2.24) is 9.88 Å². The number of rotatable bonds is 4. The molecule has 6 heteroatoms. The molecule has 0 bridgehead atoms. The predicted molar refractivity (Wildman–Crippen MR) is 102 cm³/mol. The van der Waals surface area contributed by atoms with Gasteiger partial charge in [0, 0.05) is 30.7 Å². The van der Waals surface area contributed by atoms with Crippen LogP contribution in [-0.2, 0) is 16.1 Å². The van der Waals surface area contributed by atoms with Crippen LogP contribution in [0.3, 0.4) is 0 Å². The van der Waals surface area contributed by atoms with Crippen molar-refractivity contribution in [1.29, 1.82) is 0 Å². The van der Waals surface area contributed by atoms with Crippen molar-refractivity contribution in [3.8, 4) is 0 Å². The van der Waals surface area contributed by atoms with Gasteiger partial charge >= 0.3 is 4.87 Å². The van der Waals surface area contributed by atoms with Crippen molar-refractivity contribution in [2.24, 2.45) is 17.3 Å². The number of aromatic nitrogens is 1. The molecule has 2 saturated carbocycles. The summed E-state index contributed by atoms with van der Waals surface area (Å²) in [6, 6.07) is 7.59. The van der Waals surface area contributed by atoms with Crippen LogP contribution in [0.25, 0.3) is 10.2 Å². The van der Waals surface area contributed by atoms with E-state index < -0.39 is 0 Å². The van der Waals surface area contributed by atoms with E-state index in [4.69, 9.17) is 0 Å². The molecule has 2 aliphatic carbocycles. The van der Waals surface area contributed by atoms with Crippen LogP contribution in [0.1, 0.15) is 33.6 Å². The maximum Gasteiger partial charge on any atom is 0.308 e. The molecule has 0 spiro atoms. The molecular formula is C20H22N2O3S. The van der Waals surface area contributed by atoms with Crippen molar-refractivity contribution < 1.29 is 9.59 Å². The lowest BCUT2D eigenvalue weighted by molar-refractivity contribution is -0.120. The van der Waals surface area contributed by atoms with Crippen molar-refractivity contribution >= 4 is 33.2 Å². The normalized spacial score (nSPS) is 25.3. The highest BCUT2D eigenvalue weighted by atomic mass is 32.1. The summed E-state index contributed by atoms with van der Waals surface area (Å²) in [5.41, 5.74) is 2.50. The second-order valence-electron chi connectivity index (χ2n) is 7.86. The standard InChI is InChI=1S/C20H22N2O3S/c1-11(17-14(23)10-12-18(17)20(12,2)3)21-16(24)8-9-22-13-6-4-5-7-15(13)26-19(22)25/h4-7,12,18H,8-10H2,1-3H3,(H,21,24)/b17-11+/t12-,18-/m1/s1. The Balaban J connectivity index is 1.46. The number of hydrogen-bond acceptors (Lipinski definition) is 4. The fourth-order valence-electron chi connectivity index (χ4n) is 4.40. The zero-order valence-electron chi connectivity index (χ0n) is 15.2. The number of nitrogens with zero attached hydrogens (tertiary/aromatic N) is 1. The minimum absolute atomic E-state index is 0.0531. The Morgan fingerprint density at radius 2 is 2.04 bits per heavy atom. The smallest absolute Gasteiger partial charge is 0.308 e. The topological polar surface area (TPSA) is 68.2 Å². The number of carbonyl (C=O) groups excluding carboxylic acids is 2.